The van der Waals surface area contributed by atoms with Gasteiger partial charge in [0.25, 0.3) is 0 Å². The monoisotopic (exact) mass is 325 g/mol. The van der Waals surface area contributed by atoms with Crippen LogP contribution in [0, 0.1) is 5.92 Å². The molecule has 0 amide bonds. The Morgan fingerprint density at radius 1 is 1.38 bits per heavy atom. The summed E-state index contributed by atoms with van der Waals surface area (Å²) in [7, 11) is 0. The van der Waals surface area contributed by atoms with E-state index < -0.39 is 0 Å². The fourth-order valence-electron chi connectivity index (χ4n) is 3.24. The molecule has 0 N–H and O–H groups in total. The molecule has 3 rings (SSSR count). The van der Waals surface area contributed by atoms with Gasteiger partial charge >= 0.3 is 0 Å². The van der Waals surface area contributed by atoms with E-state index in [0.29, 0.717) is 11.8 Å². The van der Waals surface area contributed by atoms with Crippen molar-refractivity contribution >= 4 is 34.2 Å². The van der Waals surface area contributed by atoms with Crippen LogP contribution in [-0.2, 0) is 13.0 Å². The lowest BCUT2D eigenvalue weighted by molar-refractivity contribution is 0.332. The summed E-state index contributed by atoms with van der Waals surface area (Å²) in [6.07, 6.45) is 2.07. The first-order chi connectivity index (χ1) is 10.2. The molecule has 2 heterocycles. The van der Waals surface area contributed by atoms with E-state index in [1.165, 1.54) is 25.0 Å². The number of hydrogen-bond donors (Lipinski definition) is 0. The number of imidazole rings is 1. The molecule has 0 aliphatic carbocycles. The van der Waals surface area contributed by atoms with Crippen molar-refractivity contribution in [2.75, 3.05) is 25.5 Å². The first kappa shape index (κ1) is 15.1. The van der Waals surface area contributed by atoms with Gasteiger partial charge in [-0.1, -0.05) is 18.5 Å². The van der Waals surface area contributed by atoms with Crippen molar-refractivity contribution in [1.82, 2.24) is 14.5 Å². The van der Waals surface area contributed by atoms with Crippen LogP contribution in [0.2, 0.25) is 5.02 Å². The van der Waals surface area contributed by atoms with Crippen LogP contribution in [0.1, 0.15) is 19.2 Å². The first-order valence-electron chi connectivity index (χ1n) is 7.64. The number of alkyl halides is 1. The van der Waals surface area contributed by atoms with Crippen molar-refractivity contribution in [1.29, 1.82) is 0 Å². The lowest BCUT2D eigenvalue weighted by atomic mass is 10.1. The van der Waals surface area contributed by atoms with Gasteiger partial charge in [0.1, 0.15) is 5.82 Å². The second-order valence-electron chi connectivity index (χ2n) is 5.76. The minimum absolute atomic E-state index is 0.600. The fourth-order valence-corrected chi connectivity index (χ4v) is 3.57. The van der Waals surface area contributed by atoms with Gasteiger partial charge in [-0.15, -0.1) is 11.6 Å². The van der Waals surface area contributed by atoms with Gasteiger partial charge in [0, 0.05) is 30.4 Å². The van der Waals surface area contributed by atoms with E-state index in [4.69, 9.17) is 28.2 Å². The Morgan fingerprint density at radius 3 is 2.95 bits per heavy atom. The Bertz CT molecular complexity index is 623. The summed E-state index contributed by atoms with van der Waals surface area (Å²) in [4.78, 5) is 7.24. The molecule has 3 nitrogen and oxygen atoms in total. The zero-order valence-electron chi connectivity index (χ0n) is 12.4. The molecule has 1 saturated heterocycles. The van der Waals surface area contributed by atoms with E-state index in [1.54, 1.807) is 0 Å². The molecule has 2 aromatic rings. The van der Waals surface area contributed by atoms with E-state index in [9.17, 15) is 0 Å². The Morgan fingerprint density at radius 2 is 2.24 bits per heavy atom. The van der Waals surface area contributed by atoms with Crippen molar-refractivity contribution < 1.29 is 0 Å². The summed E-state index contributed by atoms with van der Waals surface area (Å²) in [6.45, 7) is 6.80. The van der Waals surface area contributed by atoms with E-state index in [0.717, 1.165) is 35.9 Å². The molecule has 114 valence electrons. The Balaban J connectivity index is 1.90. The zero-order valence-corrected chi connectivity index (χ0v) is 13.9. The average molecular weight is 326 g/mol. The zero-order chi connectivity index (χ0) is 14.8. The molecule has 1 aromatic carbocycles. The third-order valence-corrected chi connectivity index (χ3v) is 4.79. The van der Waals surface area contributed by atoms with Gasteiger partial charge in [0.05, 0.1) is 11.0 Å². The molecule has 1 aliphatic heterocycles. The summed E-state index contributed by atoms with van der Waals surface area (Å²) in [5, 5.41) is 0.739. The number of hydrogen-bond acceptors (Lipinski definition) is 2. The van der Waals surface area contributed by atoms with Crippen LogP contribution < -0.4 is 0 Å². The average Bonchev–Trinajstić information content (AvgIpc) is 3.05. The molecule has 0 saturated carbocycles. The SMILES string of the molecule is CCN1CCC(Cn2c(CCCl)nc3cc(Cl)ccc32)C1. The number of benzene rings is 1. The van der Waals surface area contributed by atoms with Crippen molar-refractivity contribution in [2.45, 2.75) is 26.3 Å². The summed E-state index contributed by atoms with van der Waals surface area (Å²) in [5.41, 5.74) is 2.16. The largest absolute Gasteiger partial charge is 0.328 e. The molecule has 1 aliphatic rings. The molecular formula is C16H21Cl2N3. The van der Waals surface area contributed by atoms with Crippen LogP contribution >= 0.6 is 23.2 Å². The molecule has 5 heteroatoms. The van der Waals surface area contributed by atoms with Gasteiger partial charge in [-0.2, -0.15) is 0 Å². The predicted octanol–water partition coefficient (Wildman–Crippen LogP) is 3.81. The van der Waals surface area contributed by atoms with Crippen molar-refractivity contribution in [3.05, 3.63) is 29.0 Å². The number of rotatable bonds is 5. The molecular weight excluding hydrogens is 305 g/mol. The number of nitrogens with zero attached hydrogens (tertiary/aromatic N) is 3. The van der Waals surface area contributed by atoms with E-state index in [2.05, 4.69) is 22.5 Å². The molecule has 0 radical (unpaired) electrons. The van der Waals surface area contributed by atoms with Gasteiger partial charge in [-0.3, -0.25) is 0 Å². The van der Waals surface area contributed by atoms with Crippen LogP contribution in [0.3, 0.4) is 0 Å². The summed E-state index contributed by atoms with van der Waals surface area (Å²) in [6, 6.07) is 5.96. The third kappa shape index (κ3) is 3.20. The lowest BCUT2D eigenvalue weighted by Gasteiger charge is -2.15. The maximum Gasteiger partial charge on any atom is 0.111 e. The van der Waals surface area contributed by atoms with E-state index in [1.807, 2.05) is 12.1 Å². The van der Waals surface area contributed by atoms with Crippen molar-refractivity contribution in [2.24, 2.45) is 5.92 Å². The van der Waals surface area contributed by atoms with Crippen LogP contribution in [0.5, 0.6) is 0 Å². The van der Waals surface area contributed by atoms with Crippen molar-refractivity contribution in [3.8, 4) is 0 Å². The van der Waals surface area contributed by atoms with Gasteiger partial charge in [0.2, 0.25) is 0 Å². The Labute approximate surface area is 135 Å². The fraction of sp³-hybridized carbons (Fsp3) is 0.562. The molecule has 0 bridgehead atoms. The van der Waals surface area contributed by atoms with Crippen LogP contribution in [0.4, 0.5) is 0 Å². The Kier molecular flexibility index (Phi) is 4.72. The lowest BCUT2D eigenvalue weighted by Crippen LogP contribution is -2.21. The van der Waals surface area contributed by atoms with Gasteiger partial charge in [-0.05, 0) is 43.6 Å². The predicted molar refractivity (Wildman–Crippen MR) is 89.4 cm³/mol. The molecule has 1 fully saturated rings. The van der Waals surface area contributed by atoms with Crippen LogP contribution in [0.25, 0.3) is 11.0 Å². The quantitative estimate of drug-likeness (QED) is 0.779. The van der Waals surface area contributed by atoms with Gasteiger partial charge in [-0.25, -0.2) is 4.98 Å². The van der Waals surface area contributed by atoms with Crippen molar-refractivity contribution in [3.63, 3.8) is 0 Å². The van der Waals surface area contributed by atoms with Gasteiger partial charge < -0.3 is 9.47 Å². The third-order valence-electron chi connectivity index (χ3n) is 4.37. The molecule has 21 heavy (non-hydrogen) atoms. The van der Waals surface area contributed by atoms with E-state index in [-0.39, 0.29) is 0 Å². The first-order valence-corrected chi connectivity index (χ1v) is 8.55. The standard InChI is InChI=1S/C16H21Cl2N3/c1-2-20-8-6-12(10-20)11-21-15-4-3-13(18)9-14(15)19-16(21)5-7-17/h3-4,9,12H,2,5-8,10-11H2,1H3. The van der Waals surface area contributed by atoms with Crippen LogP contribution in [-0.4, -0.2) is 40.0 Å². The highest BCUT2D eigenvalue weighted by atomic mass is 35.5. The molecule has 1 aromatic heterocycles. The number of aromatic nitrogens is 2. The van der Waals surface area contributed by atoms with Gasteiger partial charge in [0.15, 0.2) is 0 Å². The molecule has 1 atom stereocenters. The minimum atomic E-state index is 0.600. The maximum atomic E-state index is 6.08. The normalized spacial score (nSPS) is 19.7. The number of aryl methyl sites for hydroxylation is 1. The summed E-state index contributed by atoms with van der Waals surface area (Å²) < 4.78 is 2.35. The Hall–Kier alpha value is -0.770. The maximum absolute atomic E-state index is 6.08. The molecule has 1 unspecified atom stereocenters. The summed E-state index contributed by atoms with van der Waals surface area (Å²) >= 11 is 12.0. The van der Waals surface area contributed by atoms with E-state index >= 15 is 0 Å². The second-order valence-corrected chi connectivity index (χ2v) is 6.57. The highest BCUT2D eigenvalue weighted by molar-refractivity contribution is 6.31. The smallest absolute Gasteiger partial charge is 0.111 e. The second kappa shape index (κ2) is 6.55. The topological polar surface area (TPSA) is 21.1 Å². The number of fused-ring (bicyclic) bond motifs is 1. The minimum Gasteiger partial charge on any atom is -0.328 e. The number of halogens is 2. The van der Waals surface area contributed by atoms with Crippen LogP contribution in [0.15, 0.2) is 18.2 Å². The summed E-state index contributed by atoms with van der Waals surface area (Å²) in [5.74, 6) is 2.38. The number of likely N-dealkylation sites (tertiary alicyclic amines) is 1. The highest BCUT2D eigenvalue weighted by Gasteiger charge is 2.23. The highest BCUT2D eigenvalue weighted by Crippen LogP contribution is 2.25. The molecule has 0 spiro atoms.